The number of hydrogen-bond acceptors (Lipinski definition) is 1. The van der Waals surface area contributed by atoms with Gasteiger partial charge >= 0.3 is 0 Å². The molecular formula is C23H44S. The van der Waals surface area contributed by atoms with Gasteiger partial charge in [-0.15, -0.1) is 0 Å². The van der Waals surface area contributed by atoms with E-state index in [2.05, 4.69) is 74.1 Å². The molecular weight excluding hydrogens is 308 g/mol. The summed E-state index contributed by atoms with van der Waals surface area (Å²) in [5.74, 6) is 6.75. The molecule has 7 atom stereocenters. The summed E-state index contributed by atoms with van der Waals surface area (Å²) in [7, 11) is 0. The molecule has 2 aliphatic rings. The molecule has 2 saturated carbocycles. The van der Waals surface area contributed by atoms with E-state index < -0.39 is 0 Å². The summed E-state index contributed by atoms with van der Waals surface area (Å²) in [5.41, 5.74) is 1.03. The largest absolute Gasteiger partial charge is 0.158 e. The van der Waals surface area contributed by atoms with E-state index in [4.69, 9.17) is 0 Å². The van der Waals surface area contributed by atoms with E-state index >= 15 is 0 Å². The Morgan fingerprint density at radius 3 is 2.12 bits per heavy atom. The third-order valence-corrected chi connectivity index (χ3v) is 9.16. The maximum Gasteiger partial charge on any atom is 0.0119 e. The average Bonchev–Trinajstić information content (AvgIpc) is 2.56. The van der Waals surface area contributed by atoms with E-state index in [-0.39, 0.29) is 0 Å². The Balaban J connectivity index is 2.49. The minimum atomic E-state index is 0.428. The second-order valence-electron chi connectivity index (χ2n) is 10.4. The Morgan fingerprint density at radius 1 is 1.08 bits per heavy atom. The predicted octanol–water partition coefficient (Wildman–Crippen LogP) is 7.52. The van der Waals surface area contributed by atoms with Crippen LogP contribution in [0.2, 0.25) is 0 Å². The molecule has 0 amide bonds. The van der Waals surface area contributed by atoms with Crippen LogP contribution in [-0.4, -0.2) is 11.0 Å². The van der Waals surface area contributed by atoms with Crippen LogP contribution in [0.5, 0.6) is 0 Å². The number of fused-ring (bicyclic) bond motifs is 1. The molecule has 0 bridgehead atoms. The molecule has 0 N–H and O–H groups in total. The third-order valence-electron chi connectivity index (χ3n) is 7.85. The van der Waals surface area contributed by atoms with Crippen molar-refractivity contribution in [2.75, 3.05) is 5.75 Å². The van der Waals surface area contributed by atoms with E-state index in [1.165, 1.54) is 31.4 Å². The maximum atomic E-state index is 2.67. The second kappa shape index (κ2) is 7.53. The summed E-state index contributed by atoms with van der Waals surface area (Å²) in [4.78, 5) is 0. The van der Waals surface area contributed by atoms with Gasteiger partial charge in [-0.05, 0) is 64.9 Å². The van der Waals surface area contributed by atoms with Crippen LogP contribution >= 0.6 is 11.8 Å². The Bertz CT molecular complexity index is 407. The quantitative estimate of drug-likeness (QED) is 0.493. The summed E-state index contributed by atoms with van der Waals surface area (Å²) < 4.78 is 0. The maximum absolute atomic E-state index is 2.67. The molecule has 0 saturated heterocycles. The van der Waals surface area contributed by atoms with Crippen LogP contribution in [-0.2, 0) is 0 Å². The molecule has 24 heavy (non-hydrogen) atoms. The fraction of sp³-hybridized carbons (Fsp3) is 1.00. The SMILES string of the molecule is CCSC1C(C(C)(C)C)C(CC)CCC2(C)C(CC)C(C(C)C)C12. The van der Waals surface area contributed by atoms with Crippen molar-refractivity contribution in [3.05, 3.63) is 0 Å². The summed E-state index contributed by atoms with van der Waals surface area (Å²) in [6, 6.07) is 0. The minimum absolute atomic E-state index is 0.428. The highest BCUT2D eigenvalue weighted by Gasteiger charge is 2.63. The standard InChI is InChI=1S/C23H44S/c1-10-16-13-14-23(9)17(11-2)18(15(4)5)20(23)21(24-12-3)19(16)22(6,7)8/h15-21H,10-14H2,1-9H3. The molecule has 0 radical (unpaired) electrons. The van der Waals surface area contributed by atoms with Crippen LogP contribution in [0.3, 0.4) is 0 Å². The van der Waals surface area contributed by atoms with Crippen LogP contribution in [0.25, 0.3) is 0 Å². The van der Waals surface area contributed by atoms with E-state index in [0.717, 1.165) is 40.8 Å². The molecule has 1 heteroatoms. The Labute approximate surface area is 157 Å². The van der Waals surface area contributed by atoms with Gasteiger partial charge in [-0.1, -0.05) is 75.2 Å². The highest BCUT2D eigenvalue weighted by molar-refractivity contribution is 7.99. The first kappa shape index (κ1) is 20.7. The normalized spacial score (nSPS) is 43.2. The molecule has 0 aromatic carbocycles. The average molecular weight is 353 g/mol. The van der Waals surface area contributed by atoms with Crippen molar-refractivity contribution in [3.8, 4) is 0 Å². The van der Waals surface area contributed by atoms with E-state index in [1.807, 2.05) is 0 Å². The molecule has 0 nitrogen and oxygen atoms in total. The van der Waals surface area contributed by atoms with Crippen LogP contribution in [0.15, 0.2) is 0 Å². The van der Waals surface area contributed by atoms with Gasteiger partial charge in [0.15, 0.2) is 0 Å². The van der Waals surface area contributed by atoms with Crippen LogP contribution in [0.4, 0.5) is 0 Å². The molecule has 0 aromatic heterocycles. The highest BCUT2D eigenvalue weighted by Crippen LogP contribution is 2.69. The van der Waals surface area contributed by atoms with Crippen LogP contribution < -0.4 is 0 Å². The number of thioether (sulfide) groups is 1. The second-order valence-corrected chi connectivity index (χ2v) is 11.8. The van der Waals surface area contributed by atoms with Gasteiger partial charge in [-0.25, -0.2) is 0 Å². The zero-order chi connectivity index (χ0) is 18.3. The van der Waals surface area contributed by atoms with E-state index in [1.54, 1.807) is 0 Å². The summed E-state index contributed by atoms with van der Waals surface area (Å²) in [5, 5.41) is 0.864. The van der Waals surface area contributed by atoms with Crippen molar-refractivity contribution < 1.29 is 0 Å². The fourth-order valence-corrected chi connectivity index (χ4v) is 8.97. The lowest BCUT2D eigenvalue weighted by atomic mass is 9.42. The first-order valence-corrected chi connectivity index (χ1v) is 11.8. The van der Waals surface area contributed by atoms with Crippen LogP contribution in [0, 0.1) is 46.3 Å². The lowest BCUT2D eigenvalue weighted by Gasteiger charge is -2.65. The van der Waals surface area contributed by atoms with E-state index in [0.29, 0.717) is 10.8 Å². The van der Waals surface area contributed by atoms with Crippen molar-refractivity contribution in [1.29, 1.82) is 0 Å². The first-order chi connectivity index (χ1) is 11.1. The molecule has 0 aromatic rings. The molecule has 2 fully saturated rings. The minimum Gasteiger partial charge on any atom is -0.158 e. The van der Waals surface area contributed by atoms with Crippen molar-refractivity contribution >= 4 is 11.8 Å². The van der Waals surface area contributed by atoms with Gasteiger partial charge in [0.1, 0.15) is 0 Å². The Morgan fingerprint density at radius 2 is 1.71 bits per heavy atom. The first-order valence-electron chi connectivity index (χ1n) is 10.7. The zero-order valence-electron chi connectivity index (χ0n) is 18.0. The van der Waals surface area contributed by atoms with Gasteiger partial charge in [0.2, 0.25) is 0 Å². The van der Waals surface area contributed by atoms with Gasteiger partial charge in [-0.2, -0.15) is 11.8 Å². The molecule has 2 rings (SSSR count). The van der Waals surface area contributed by atoms with Gasteiger partial charge in [0, 0.05) is 5.25 Å². The summed E-state index contributed by atoms with van der Waals surface area (Å²) in [6.45, 7) is 22.5. The summed E-state index contributed by atoms with van der Waals surface area (Å²) in [6.07, 6.45) is 5.70. The zero-order valence-corrected chi connectivity index (χ0v) is 18.8. The van der Waals surface area contributed by atoms with E-state index in [9.17, 15) is 0 Å². The molecule has 0 aliphatic heterocycles. The molecule has 0 spiro atoms. The van der Waals surface area contributed by atoms with Gasteiger partial charge < -0.3 is 0 Å². The number of rotatable bonds is 5. The lowest BCUT2D eigenvalue weighted by Crippen LogP contribution is -2.61. The summed E-state index contributed by atoms with van der Waals surface area (Å²) >= 11 is 2.31. The lowest BCUT2D eigenvalue weighted by molar-refractivity contribution is -0.140. The van der Waals surface area contributed by atoms with Crippen molar-refractivity contribution in [1.82, 2.24) is 0 Å². The molecule has 2 aliphatic carbocycles. The van der Waals surface area contributed by atoms with Gasteiger partial charge in [0.05, 0.1) is 0 Å². The fourth-order valence-electron chi connectivity index (χ4n) is 7.05. The van der Waals surface area contributed by atoms with Crippen molar-refractivity contribution in [3.63, 3.8) is 0 Å². The monoisotopic (exact) mass is 352 g/mol. The predicted molar refractivity (Wildman–Crippen MR) is 112 cm³/mol. The van der Waals surface area contributed by atoms with Gasteiger partial charge in [0.25, 0.3) is 0 Å². The Hall–Kier alpha value is 0.350. The number of hydrogen-bond donors (Lipinski definition) is 0. The third kappa shape index (κ3) is 3.33. The van der Waals surface area contributed by atoms with Gasteiger partial charge in [-0.3, -0.25) is 0 Å². The van der Waals surface area contributed by atoms with Crippen molar-refractivity contribution in [2.24, 2.45) is 46.3 Å². The smallest absolute Gasteiger partial charge is 0.0119 e. The molecule has 0 heterocycles. The highest BCUT2D eigenvalue weighted by atomic mass is 32.2. The van der Waals surface area contributed by atoms with Crippen molar-refractivity contribution in [2.45, 2.75) is 93.2 Å². The topological polar surface area (TPSA) is 0 Å². The Kier molecular flexibility index (Phi) is 6.48. The molecule has 142 valence electrons. The van der Waals surface area contributed by atoms with Crippen LogP contribution in [0.1, 0.15) is 88.0 Å². The molecule has 7 unspecified atom stereocenters.